The van der Waals surface area contributed by atoms with Crippen LogP contribution in [-0.2, 0) is 40.0 Å². The molecule has 5 amide bonds. The number of nitrogens with one attached hydrogen (secondary N) is 3. The maximum atomic E-state index is 16.2. The fraction of sp³-hybridized carbons (Fsp3) is 0.383. The quantitative estimate of drug-likeness (QED) is 0.0330. The van der Waals surface area contributed by atoms with Crippen molar-refractivity contribution in [3.05, 3.63) is 109 Å². The third-order valence-electron chi connectivity index (χ3n) is 16.2. The van der Waals surface area contributed by atoms with Gasteiger partial charge in [0.1, 0.15) is 66.9 Å². The smallest absolute Gasteiger partial charge is 0.340 e. The SMILES string of the molecule is COC(=O)CNC(=O)CNC(=O)Cn1nc2c3c(cccc31)-c1cc3c(cnn3[N+]3(C(=O)CCC(=O)NCCCCCCCC(=O)N4CCC[C@@H](n5nc(-c6ccc(Oc7ccccc7)cc6)c6c(N)ncnc65)C4)CCC2CC3)cc1F. The van der Waals surface area contributed by atoms with Crippen LogP contribution in [0.3, 0.4) is 0 Å². The number of anilines is 1. The summed E-state index contributed by atoms with van der Waals surface area (Å²) in [5, 5.41) is 24.6. The summed E-state index contributed by atoms with van der Waals surface area (Å²) in [6.07, 6.45) is 10.3. The second-order valence-corrected chi connectivity index (χ2v) is 21.5. The Kier molecular flexibility index (Phi) is 16.5. The molecule has 0 unspecified atom stereocenters. The van der Waals surface area contributed by atoms with Gasteiger partial charge >= 0.3 is 11.9 Å². The van der Waals surface area contributed by atoms with Crippen molar-refractivity contribution in [1.29, 1.82) is 0 Å². The Morgan fingerprint density at radius 2 is 1.52 bits per heavy atom. The van der Waals surface area contributed by atoms with Crippen LogP contribution in [0.2, 0.25) is 0 Å². The number of nitrogens with zero attached hydrogens (tertiary/aromatic N) is 10. The first kappa shape index (κ1) is 55.8. The average Bonchev–Trinajstić information content (AvgIpc) is 3.26. The van der Waals surface area contributed by atoms with Crippen LogP contribution in [0.25, 0.3) is 55.2 Å². The van der Waals surface area contributed by atoms with Crippen molar-refractivity contribution in [3.63, 3.8) is 0 Å². The van der Waals surface area contributed by atoms with Gasteiger partial charge < -0.3 is 36.1 Å². The molecule has 8 aromatic rings. The van der Waals surface area contributed by atoms with E-state index in [9.17, 15) is 28.8 Å². The number of unbranched alkanes of at least 4 members (excludes halogenated alkanes) is 4. The number of halogens is 1. The predicted molar refractivity (Wildman–Crippen MR) is 307 cm³/mol. The van der Waals surface area contributed by atoms with Crippen LogP contribution in [0.5, 0.6) is 11.5 Å². The number of rotatable bonds is 21. The maximum absolute atomic E-state index is 16.2. The largest absolute Gasteiger partial charge is 0.468 e. The van der Waals surface area contributed by atoms with Crippen molar-refractivity contribution >= 4 is 74.2 Å². The fourth-order valence-corrected chi connectivity index (χ4v) is 11.9. The number of nitrogens with two attached hydrogens (primary N) is 1. The van der Waals surface area contributed by atoms with E-state index in [4.69, 9.17) is 25.8 Å². The summed E-state index contributed by atoms with van der Waals surface area (Å²) in [5.74, 6) is -0.860. The lowest BCUT2D eigenvalue weighted by Crippen LogP contribution is -2.65. The van der Waals surface area contributed by atoms with Crippen molar-refractivity contribution in [3.8, 4) is 33.9 Å². The van der Waals surface area contributed by atoms with Gasteiger partial charge in [-0.1, -0.05) is 54.4 Å². The molecule has 23 heteroatoms. The second kappa shape index (κ2) is 24.5. The molecule has 0 aliphatic carbocycles. The first-order valence-corrected chi connectivity index (χ1v) is 28.4. The van der Waals surface area contributed by atoms with Gasteiger partial charge in [0.25, 0.3) is 0 Å². The second-order valence-electron chi connectivity index (χ2n) is 21.5. The van der Waals surface area contributed by atoms with Crippen LogP contribution in [0, 0.1) is 5.82 Å². The topological polar surface area (TPSA) is 265 Å². The zero-order valence-electron chi connectivity index (χ0n) is 46.2. The monoisotopic (exact) mass is 1130 g/mol. The molecule has 0 saturated carbocycles. The number of likely N-dealkylation sites (tertiary alicyclic amines) is 1. The van der Waals surface area contributed by atoms with Crippen molar-refractivity contribution in [2.75, 3.05) is 58.7 Å². The Morgan fingerprint density at radius 3 is 2.33 bits per heavy atom. The number of hydrogen-bond acceptors (Lipinski definition) is 14. The molecule has 5 N–H and O–H groups in total. The molecule has 2 fully saturated rings. The van der Waals surface area contributed by atoms with Gasteiger partial charge in [-0.2, -0.15) is 10.2 Å². The number of esters is 1. The molecule has 83 heavy (non-hydrogen) atoms. The number of methoxy groups -OCH3 is 1. The van der Waals surface area contributed by atoms with E-state index in [0.29, 0.717) is 113 Å². The summed E-state index contributed by atoms with van der Waals surface area (Å²) in [4.78, 5) is 90.9. The van der Waals surface area contributed by atoms with Gasteiger partial charge in [0.05, 0.1) is 48.9 Å². The highest BCUT2D eigenvalue weighted by Crippen LogP contribution is 2.43. The van der Waals surface area contributed by atoms with E-state index < -0.39 is 23.6 Å². The van der Waals surface area contributed by atoms with E-state index in [1.54, 1.807) is 27.8 Å². The Bertz CT molecular complexity index is 3740. The van der Waals surface area contributed by atoms with Crippen LogP contribution in [-0.4, -0.2) is 133 Å². The number of ether oxygens (including phenoxy) is 2. The van der Waals surface area contributed by atoms with E-state index in [2.05, 4.69) is 30.7 Å². The normalized spacial score (nSPS) is 17.3. The first-order chi connectivity index (χ1) is 40.4. The molecule has 0 spiro atoms. The first-order valence-electron chi connectivity index (χ1n) is 28.4. The number of hydrogen-bond donors (Lipinski definition) is 4. The number of nitrogen functional groups attached to an aromatic ring is 1. The molecule has 4 aliphatic rings. The third-order valence-corrected chi connectivity index (χ3v) is 16.2. The summed E-state index contributed by atoms with van der Waals surface area (Å²) >= 11 is 0. The maximum Gasteiger partial charge on any atom is 0.340 e. The zero-order valence-corrected chi connectivity index (χ0v) is 46.2. The number of fused-ring (bicyclic) bond motifs is 3. The standard InChI is InChI=1S/C60H65FN14O8/c1-82-54(81)34-65-50(77)33-64-51(78)36-72-47-16-10-15-44-45-31-48-40(30-46(45)61)32-68-74(48)75(28-24-39(25-29-75)57(69-72)55(44)47)53(80)23-22-49(76)63-26-9-4-2-3-8-17-52(79)71-27-11-12-41(35-71)73-60-56(59(62)66-37-67-60)58(70-73)38-18-20-43(21-19-38)83-42-13-6-5-7-14-42/h5-7,10,13-16,18-21,30-32,37,39,41H,2-4,8-9,11-12,17,22-29,33-36H2,1H3,(H4-,62,63,64,65,66,67,70,76,77,78)/p+1/t39?,41-,75?/m1/s1. The summed E-state index contributed by atoms with van der Waals surface area (Å²) in [7, 11) is 1.20. The average molecular weight is 1130 g/mol. The lowest BCUT2D eigenvalue weighted by atomic mass is 9.88. The van der Waals surface area contributed by atoms with Gasteiger partial charge in [-0.25, -0.2) is 23.8 Å². The number of aromatic nitrogens is 8. The third kappa shape index (κ3) is 11.8. The highest BCUT2D eigenvalue weighted by molar-refractivity contribution is 6.01. The lowest BCUT2D eigenvalue weighted by Gasteiger charge is -2.39. The van der Waals surface area contributed by atoms with Crippen LogP contribution < -0.4 is 31.0 Å². The van der Waals surface area contributed by atoms with Gasteiger partial charge in [0, 0.05) is 73.1 Å². The molecule has 2 saturated heterocycles. The molecule has 430 valence electrons. The Balaban J connectivity index is 0.649. The molecule has 4 aliphatic heterocycles. The van der Waals surface area contributed by atoms with Crippen molar-refractivity contribution < 1.29 is 42.6 Å². The molecule has 4 aromatic heterocycles. The molecule has 8 heterocycles. The molecule has 4 aromatic carbocycles. The number of amides is 5. The van der Waals surface area contributed by atoms with Gasteiger partial charge in [-0.15, -0.1) is 9.69 Å². The van der Waals surface area contributed by atoms with E-state index in [1.807, 2.05) is 76.3 Å². The van der Waals surface area contributed by atoms with E-state index >= 15 is 4.39 Å². The number of carbonyl (C=O) groups excluding carboxylic acids is 6. The van der Waals surface area contributed by atoms with Crippen molar-refractivity contribution in [2.24, 2.45) is 0 Å². The molecule has 1 atom stereocenters. The van der Waals surface area contributed by atoms with Crippen LogP contribution >= 0.6 is 0 Å². The molecule has 12 rings (SSSR count). The summed E-state index contributed by atoms with van der Waals surface area (Å²) in [5.41, 5.74) is 11.3. The number of carbonyl (C=O) groups is 6. The Labute approximate surface area is 477 Å². The van der Waals surface area contributed by atoms with Gasteiger partial charge in [-0.05, 0) is 85.8 Å². The van der Waals surface area contributed by atoms with E-state index in [1.165, 1.54) is 19.5 Å². The van der Waals surface area contributed by atoms with Gasteiger partial charge in [0.2, 0.25) is 23.6 Å². The minimum absolute atomic E-state index is 0.00889. The molecular formula is C60H66FN14O8+. The van der Waals surface area contributed by atoms with E-state index in [0.717, 1.165) is 56.3 Å². The minimum atomic E-state index is -0.625. The number of para-hydroxylation sites is 1. The molecule has 0 radical (unpaired) electrons. The van der Waals surface area contributed by atoms with Gasteiger partial charge in [-0.3, -0.25) is 28.7 Å². The summed E-state index contributed by atoms with van der Waals surface area (Å²) < 4.78 is 30.1. The van der Waals surface area contributed by atoms with Crippen LogP contribution in [0.15, 0.2) is 97.5 Å². The molecule has 22 nitrogen and oxygen atoms in total. The molecular weight excluding hydrogens is 1060 g/mol. The van der Waals surface area contributed by atoms with Crippen LogP contribution in [0.4, 0.5) is 10.2 Å². The Hall–Kier alpha value is -9.12. The Morgan fingerprint density at radius 1 is 0.747 bits per heavy atom. The molecule has 4 bridgehead atoms. The number of piperidine rings is 2. The van der Waals surface area contributed by atoms with Crippen molar-refractivity contribution in [2.45, 2.75) is 95.6 Å². The minimum Gasteiger partial charge on any atom is -0.468 e. The highest BCUT2D eigenvalue weighted by Gasteiger charge is 2.46. The van der Waals surface area contributed by atoms with Crippen LogP contribution in [0.1, 0.15) is 94.7 Å². The summed E-state index contributed by atoms with van der Waals surface area (Å²) in [6.45, 7) is 1.41. The number of quaternary nitrogens is 1. The van der Waals surface area contributed by atoms with E-state index in [-0.39, 0.29) is 72.3 Å². The highest BCUT2D eigenvalue weighted by atomic mass is 19.1. The van der Waals surface area contributed by atoms with Gasteiger partial charge in [0.15, 0.2) is 5.65 Å². The fourth-order valence-electron chi connectivity index (χ4n) is 11.9. The predicted octanol–water partition coefficient (Wildman–Crippen LogP) is 6.74. The van der Waals surface area contributed by atoms with Crippen molar-refractivity contribution in [1.82, 2.24) is 64.9 Å². The lowest BCUT2D eigenvalue weighted by molar-refractivity contribution is -0.142. The summed E-state index contributed by atoms with van der Waals surface area (Å²) in [6, 6.07) is 25.7. The number of benzene rings is 4. The zero-order chi connectivity index (χ0) is 57.6.